The van der Waals surface area contributed by atoms with Gasteiger partial charge in [0.2, 0.25) is 5.91 Å². The molecule has 4 nitrogen and oxygen atoms in total. The summed E-state index contributed by atoms with van der Waals surface area (Å²) in [5.41, 5.74) is 2.37. The molecule has 0 bridgehead atoms. The molecule has 2 aromatic carbocycles. The van der Waals surface area contributed by atoms with E-state index in [9.17, 15) is 9.59 Å². The molecule has 0 N–H and O–H groups in total. The van der Waals surface area contributed by atoms with Crippen molar-refractivity contribution in [2.45, 2.75) is 56.5 Å². The van der Waals surface area contributed by atoms with Crippen molar-refractivity contribution in [3.8, 4) is 0 Å². The number of rotatable bonds is 3. The summed E-state index contributed by atoms with van der Waals surface area (Å²) in [7, 11) is 0. The minimum atomic E-state index is -0.402. The molecule has 5 rings (SSSR count). The van der Waals surface area contributed by atoms with Crippen LogP contribution in [0.15, 0.2) is 54.6 Å². The largest absolute Gasteiger partial charge is 0.342 e. The molecular weight excluding hydrogens is 360 g/mol. The van der Waals surface area contributed by atoms with Crippen molar-refractivity contribution in [2.24, 2.45) is 0 Å². The van der Waals surface area contributed by atoms with Gasteiger partial charge in [0.05, 0.1) is 11.5 Å². The lowest BCUT2D eigenvalue weighted by atomic mass is 9.70. The molecule has 2 aliphatic heterocycles. The number of carbonyl (C=O) groups excluding carboxylic acids is 2. The molecule has 1 spiro atoms. The third kappa shape index (κ3) is 2.97. The fourth-order valence-corrected chi connectivity index (χ4v) is 5.76. The van der Waals surface area contributed by atoms with Crippen molar-refractivity contribution in [1.82, 2.24) is 9.80 Å². The lowest BCUT2D eigenvalue weighted by molar-refractivity contribution is -0.136. The van der Waals surface area contributed by atoms with Crippen LogP contribution in [0.25, 0.3) is 0 Å². The van der Waals surface area contributed by atoms with Crippen molar-refractivity contribution in [3.05, 3.63) is 71.3 Å². The van der Waals surface area contributed by atoms with E-state index in [1.165, 1.54) is 0 Å². The second kappa shape index (κ2) is 7.33. The minimum absolute atomic E-state index is 0.0804. The first-order chi connectivity index (χ1) is 14.2. The van der Waals surface area contributed by atoms with Crippen LogP contribution in [0.1, 0.15) is 65.9 Å². The Morgan fingerprint density at radius 1 is 0.897 bits per heavy atom. The number of likely N-dealkylation sites (tertiary alicyclic amines) is 1. The van der Waals surface area contributed by atoms with Gasteiger partial charge in [0.15, 0.2) is 0 Å². The summed E-state index contributed by atoms with van der Waals surface area (Å²) in [5.74, 6) is 0.0555. The minimum Gasteiger partial charge on any atom is -0.342 e. The molecule has 1 saturated carbocycles. The molecule has 3 aliphatic rings. The number of hydrogen-bond donors (Lipinski definition) is 0. The molecule has 2 fully saturated rings. The Morgan fingerprint density at radius 3 is 2.28 bits per heavy atom. The van der Waals surface area contributed by atoms with Gasteiger partial charge in [-0.3, -0.25) is 9.59 Å². The highest BCUT2D eigenvalue weighted by Gasteiger charge is 2.56. The molecule has 2 aromatic rings. The van der Waals surface area contributed by atoms with Crippen LogP contribution in [0.5, 0.6) is 0 Å². The molecule has 1 saturated heterocycles. The van der Waals surface area contributed by atoms with Crippen LogP contribution in [0, 0.1) is 0 Å². The van der Waals surface area contributed by atoms with E-state index in [-0.39, 0.29) is 17.7 Å². The molecule has 0 aromatic heterocycles. The zero-order valence-corrected chi connectivity index (χ0v) is 16.8. The highest BCUT2D eigenvalue weighted by atomic mass is 16.2. The first-order valence-corrected chi connectivity index (χ1v) is 10.9. The SMILES string of the molecule is O=C(C1c2ccccc2C(=O)N(Cc2ccccc2)C12CCCC2)N1CCCC1. The monoisotopic (exact) mass is 388 g/mol. The van der Waals surface area contributed by atoms with Gasteiger partial charge in [-0.15, -0.1) is 0 Å². The summed E-state index contributed by atoms with van der Waals surface area (Å²) in [5, 5.41) is 0. The van der Waals surface area contributed by atoms with Gasteiger partial charge in [0.1, 0.15) is 0 Å². The Bertz CT molecular complexity index is 911. The third-order valence-electron chi connectivity index (χ3n) is 7.14. The van der Waals surface area contributed by atoms with Gasteiger partial charge in [-0.1, -0.05) is 61.4 Å². The molecule has 2 heterocycles. The van der Waals surface area contributed by atoms with Crippen molar-refractivity contribution in [2.75, 3.05) is 13.1 Å². The Kier molecular flexibility index (Phi) is 4.65. The van der Waals surface area contributed by atoms with Crippen molar-refractivity contribution in [3.63, 3.8) is 0 Å². The standard InChI is InChI=1S/C25H28N2O2/c28-23-21-13-5-4-12-20(21)22(24(29)26-16-8-9-17-26)25(14-6-7-15-25)27(23)18-19-10-2-1-3-11-19/h1-5,10-13,22H,6-9,14-18H2. The fraction of sp³-hybridized carbons (Fsp3) is 0.440. The average molecular weight is 389 g/mol. The summed E-state index contributed by atoms with van der Waals surface area (Å²) in [4.78, 5) is 31.6. The van der Waals surface area contributed by atoms with Gasteiger partial charge in [0, 0.05) is 25.2 Å². The quantitative estimate of drug-likeness (QED) is 0.784. The topological polar surface area (TPSA) is 40.6 Å². The zero-order valence-electron chi connectivity index (χ0n) is 16.8. The Labute approximate surface area is 172 Å². The van der Waals surface area contributed by atoms with Crippen LogP contribution >= 0.6 is 0 Å². The van der Waals surface area contributed by atoms with E-state index in [0.717, 1.165) is 62.7 Å². The molecule has 1 unspecified atom stereocenters. The van der Waals surface area contributed by atoms with Crippen LogP contribution in [0.4, 0.5) is 0 Å². The van der Waals surface area contributed by atoms with E-state index in [1.807, 2.05) is 47.4 Å². The average Bonchev–Trinajstić information content (AvgIpc) is 3.45. The number of carbonyl (C=O) groups is 2. The normalized spacial score (nSPS) is 22.9. The van der Waals surface area contributed by atoms with Gasteiger partial charge in [0.25, 0.3) is 5.91 Å². The summed E-state index contributed by atoms with van der Waals surface area (Å²) in [6.07, 6.45) is 6.13. The number of hydrogen-bond acceptors (Lipinski definition) is 2. The molecule has 2 amide bonds. The summed E-state index contributed by atoms with van der Waals surface area (Å²) in [6, 6.07) is 18.0. The molecule has 150 valence electrons. The van der Waals surface area contributed by atoms with Crippen LogP contribution in [0.3, 0.4) is 0 Å². The van der Waals surface area contributed by atoms with Gasteiger partial charge in [-0.25, -0.2) is 0 Å². The second-order valence-corrected chi connectivity index (χ2v) is 8.74. The van der Waals surface area contributed by atoms with E-state index in [0.29, 0.717) is 12.1 Å². The highest BCUT2D eigenvalue weighted by molar-refractivity contribution is 6.02. The Morgan fingerprint density at radius 2 is 1.55 bits per heavy atom. The lowest BCUT2D eigenvalue weighted by Gasteiger charge is -2.50. The van der Waals surface area contributed by atoms with E-state index in [4.69, 9.17) is 0 Å². The van der Waals surface area contributed by atoms with Crippen molar-refractivity contribution >= 4 is 11.8 Å². The van der Waals surface area contributed by atoms with Crippen LogP contribution in [0.2, 0.25) is 0 Å². The highest BCUT2D eigenvalue weighted by Crippen LogP contribution is 2.51. The van der Waals surface area contributed by atoms with Gasteiger partial charge in [-0.2, -0.15) is 0 Å². The predicted molar refractivity (Wildman–Crippen MR) is 113 cm³/mol. The maximum absolute atomic E-state index is 13.8. The van der Waals surface area contributed by atoms with E-state index in [2.05, 4.69) is 17.0 Å². The van der Waals surface area contributed by atoms with Crippen molar-refractivity contribution in [1.29, 1.82) is 0 Å². The zero-order chi connectivity index (χ0) is 19.8. The molecule has 29 heavy (non-hydrogen) atoms. The summed E-state index contributed by atoms with van der Waals surface area (Å²) < 4.78 is 0. The predicted octanol–water partition coefficient (Wildman–Crippen LogP) is 4.36. The summed E-state index contributed by atoms with van der Waals surface area (Å²) >= 11 is 0. The molecule has 1 atom stereocenters. The number of amides is 2. The first kappa shape index (κ1) is 18.4. The van der Waals surface area contributed by atoms with E-state index in [1.54, 1.807) is 0 Å². The van der Waals surface area contributed by atoms with Crippen LogP contribution in [-0.2, 0) is 11.3 Å². The van der Waals surface area contributed by atoms with E-state index >= 15 is 0 Å². The van der Waals surface area contributed by atoms with Crippen LogP contribution < -0.4 is 0 Å². The Balaban J connectivity index is 1.64. The number of fused-ring (bicyclic) bond motifs is 1. The molecule has 0 radical (unpaired) electrons. The second-order valence-electron chi connectivity index (χ2n) is 8.74. The van der Waals surface area contributed by atoms with Crippen molar-refractivity contribution < 1.29 is 9.59 Å². The van der Waals surface area contributed by atoms with Gasteiger partial charge in [-0.05, 0) is 42.9 Å². The molecular formula is C25H28N2O2. The maximum Gasteiger partial charge on any atom is 0.254 e. The lowest BCUT2D eigenvalue weighted by Crippen LogP contribution is -2.60. The smallest absolute Gasteiger partial charge is 0.254 e. The number of benzene rings is 2. The maximum atomic E-state index is 13.8. The summed E-state index contributed by atoms with van der Waals surface area (Å²) in [6.45, 7) is 2.26. The molecule has 4 heteroatoms. The third-order valence-corrected chi connectivity index (χ3v) is 7.14. The fourth-order valence-electron chi connectivity index (χ4n) is 5.76. The van der Waals surface area contributed by atoms with Gasteiger partial charge < -0.3 is 9.80 Å². The van der Waals surface area contributed by atoms with Gasteiger partial charge >= 0.3 is 0 Å². The Hall–Kier alpha value is -2.62. The number of nitrogens with zero attached hydrogens (tertiary/aromatic N) is 2. The molecule has 1 aliphatic carbocycles. The van der Waals surface area contributed by atoms with E-state index < -0.39 is 5.54 Å². The van der Waals surface area contributed by atoms with Crippen LogP contribution in [-0.4, -0.2) is 40.2 Å². The first-order valence-electron chi connectivity index (χ1n) is 10.9.